The van der Waals surface area contributed by atoms with E-state index in [2.05, 4.69) is 12.2 Å². The number of benzene rings is 2. The fourth-order valence-corrected chi connectivity index (χ4v) is 2.53. The second kappa shape index (κ2) is 5.37. The fourth-order valence-electron chi connectivity index (χ4n) is 2.53. The topological polar surface area (TPSA) is 29.5 Å². The number of rotatable bonds is 2. The van der Waals surface area contributed by atoms with Crippen molar-refractivity contribution in [1.82, 2.24) is 4.90 Å². The largest absolute Gasteiger partial charge is 0.415 e. The molecule has 0 saturated heterocycles. The van der Waals surface area contributed by atoms with Gasteiger partial charge in [-0.25, -0.2) is 4.79 Å². The molecule has 2 aromatic carbocycles. The van der Waals surface area contributed by atoms with E-state index in [1.54, 1.807) is 11.9 Å². The quantitative estimate of drug-likeness (QED) is 0.770. The van der Waals surface area contributed by atoms with E-state index in [1.807, 2.05) is 42.5 Å². The average molecular weight is 267 g/mol. The van der Waals surface area contributed by atoms with Gasteiger partial charge in [0, 0.05) is 12.4 Å². The standard InChI is InChI=1S/C17H17NO2/c1-18(14-9-3-4-10-14)17(19)20-16-12-6-8-13-7-2-5-11-15(13)16/h2-3,5-9,11-12,14H,4,10H2,1H3. The van der Waals surface area contributed by atoms with Crippen LogP contribution in [0.25, 0.3) is 10.8 Å². The Hall–Kier alpha value is -2.29. The van der Waals surface area contributed by atoms with Crippen LogP contribution in [0.5, 0.6) is 5.75 Å². The lowest BCUT2D eigenvalue weighted by Crippen LogP contribution is -2.36. The van der Waals surface area contributed by atoms with Gasteiger partial charge in [-0.2, -0.15) is 0 Å². The van der Waals surface area contributed by atoms with Gasteiger partial charge in [0.1, 0.15) is 5.75 Å². The number of carbonyl (C=O) groups excluding carboxylic acids is 1. The summed E-state index contributed by atoms with van der Waals surface area (Å²) >= 11 is 0. The molecule has 1 atom stereocenters. The van der Waals surface area contributed by atoms with Crippen LogP contribution in [-0.2, 0) is 0 Å². The Kier molecular flexibility index (Phi) is 3.42. The molecule has 0 heterocycles. The second-order valence-electron chi connectivity index (χ2n) is 5.03. The highest BCUT2D eigenvalue weighted by molar-refractivity contribution is 5.90. The number of hydrogen-bond acceptors (Lipinski definition) is 2. The highest BCUT2D eigenvalue weighted by Gasteiger charge is 2.21. The first-order valence-corrected chi connectivity index (χ1v) is 6.85. The second-order valence-corrected chi connectivity index (χ2v) is 5.03. The monoisotopic (exact) mass is 267 g/mol. The average Bonchev–Trinajstić information content (AvgIpc) is 3.01. The molecule has 0 N–H and O–H groups in total. The van der Waals surface area contributed by atoms with E-state index in [4.69, 9.17) is 4.74 Å². The Balaban J connectivity index is 1.82. The SMILES string of the molecule is CN(C(=O)Oc1cccc2ccccc12)C1C=CCC1. The van der Waals surface area contributed by atoms with Crippen LogP contribution in [0, 0.1) is 0 Å². The molecule has 3 heteroatoms. The number of likely N-dealkylation sites (N-methyl/N-ethyl adjacent to an activating group) is 1. The third kappa shape index (κ3) is 2.39. The maximum Gasteiger partial charge on any atom is 0.415 e. The van der Waals surface area contributed by atoms with Gasteiger partial charge >= 0.3 is 6.09 Å². The molecular weight excluding hydrogens is 250 g/mol. The number of nitrogens with zero attached hydrogens (tertiary/aromatic N) is 1. The molecule has 0 radical (unpaired) electrons. The predicted octanol–water partition coefficient (Wildman–Crippen LogP) is 3.99. The first-order chi connectivity index (χ1) is 9.75. The van der Waals surface area contributed by atoms with Crippen LogP contribution < -0.4 is 4.74 Å². The van der Waals surface area contributed by atoms with Gasteiger partial charge < -0.3 is 9.64 Å². The van der Waals surface area contributed by atoms with Gasteiger partial charge in [0.2, 0.25) is 0 Å². The predicted molar refractivity (Wildman–Crippen MR) is 79.9 cm³/mol. The summed E-state index contributed by atoms with van der Waals surface area (Å²) < 4.78 is 5.55. The van der Waals surface area contributed by atoms with E-state index in [9.17, 15) is 4.79 Å². The number of allylic oxidation sites excluding steroid dienone is 1. The maximum absolute atomic E-state index is 12.2. The van der Waals surface area contributed by atoms with Crippen LogP contribution in [0.4, 0.5) is 4.79 Å². The third-order valence-electron chi connectivity index (χ3n) is 3.72. The van der Waals surface area contributed by atoms with Crippen molar-refractivity contribution in [2.24, 2.45) is 0 Å². The highest BCUT2D eigenvalue weighted by Crippen LogP contribution is 2.26. The van der Waals surface area contributed by atoms with E-state index in [1.165, 1.54) is 0 Å². The number of hydrogen-bond donors (Lipinski definition) is 0. The van der Waals surface area contributed by atoms with Crippen molar-refractivity contribution >= 4 is 16.9 Å². The molecule has 1 aliphatic carbocycles. The van der Waals surface area contributed by atoms with Crippen molar-refractivity contribution in [3.05, 3.63) is 54.6 Å². The third-order valence-corrected chi connectivity index (χ3v) is 3.72. The van der Waals surface area contributed by atoms with Gasteiger partial charge in [0.05, 0.1) is 6.04 Å². The minimum atomic E-state index is -0.307. The maximum atomic E-state index is 12.2. The van der Waals surface area contributed by atoms with E-state index in [-0.39, 0.29) is 12.1 Å². The minimum absolute atomic E-state index is 0.150. The molecule has 0 bridgehead atoms. The van der Waals surface area contributed by atoms with Crippen LogP contribution in [0.15, 0.2) is 54.6 Å². The zero-order valence-electron chi connectivity index (χ0n) is 11.5. The van der Waals surface area contributed by atoms with Crippen molar-refractivity contribution in [3.63, 3.8) is 0 Å². The van der Waals surface area contributed by atoms with Crippen LogP contribution in [0.3, 0.4) is 0 Å². The summed E-state index contributed by atoms with van der Waals surface area (Å²) in [5.74, 6) is 0.613. The molecule has 1 amide bonds. The van der Waals surface area contributed by atoms with Crippen molar-refractivity contribution in [1.29, 1.82) is 0 Å². The molecule has 3 nitrogen and oxygen atoms in total. The van der Waals surface area contributed by atoms with E-state index >= 15 is 0 Å². The molecule has 2 aromatic rings. The van der Waals surface area contributed by atoms with E-state index < -0.39 is 0 Å². The van der Waals surface area contributed by atoms with E-state index in [0.29, 0.717) is 5.75 Å². The Morgan fingerprint density at radius 1 is 1.20 bits per heavy atom. The normalized spacial score (nSPS) is 17.4. The van der Waals surface area contributed by atoms with Crippen LogP contribution in [-0.4, -0.2) is 24.1 Å². The van der Waals surface area contributed by atoms with Crippen LogP contribution in [0.1, 0.15) is 12.8 Å². The van der Waals surface area contributed by atoms with Crippen molar-refractivity contribution in [3.8, 4) is 5.75 Å². The zero-order valence-corrected chi connectivity index (χ0v) is 11.5. The molecule has 0 spiro atoms. The number of ether oxygens (including phenoxy) is 1. The lowest BCUT2D eigenvalue weighted by atomic mass is 10.1. The Morgan fingerprint density at radius 2 is 2.00 bits per heavy atom. The summed E-state index contributed by atoms with van der Waals surface area (Å²) in [7, 11) is 1.79. The molecule has 0 saturated carbocycles. The van der Waals surface area contributed by atoms with Crippen molar-refractivity contribution in [2.45, 2.75) is 18.9 Å². The molecule has 20 heavy (non-hydrogen) atoms. The van der Waals surface area contributed by atoms with Gasteiger partial charge in [-0.05, 0) is 24.3 Å². The van der Waals surface area contributed by atoms with Gasteiger partial charge in [-0.3, -0.25) is 0 Å². The van der Waals surface area contributed by atoms with Crippen molar-refractivity contribution < 1.29 is 9.53 Å². The van der Waals surface area contributed by atoms with Gasteiger partial charge in [-0.15, -0.1) is 0 Å². The summed E-state index contributed by atoms with van der Waals surface area (Å²) in [6.45, 7) is 0. The molecule has 0 aliphatic heterocycles. The number of amides is 1. The molecule has 0 aromatic heterocycles. The summed E-state index contributed by atoms with van der Waals surface area (Å²) in [6.07, 6.45) is 5.85. The Labute approximate surface area is 118 Å². The summed E-state index contributed by atoms with van der Waals surface area (Å²) in [6, 6.07) is 13.8. The zero-order chi connectivity index (χ0) is 13.9. The first kappa shape index (κ1) is 12.7. The summed E-state index contributed by atoms with van der Waals surface area (Å²) in [4.78, 5) is 13.9. The summed E-state index contributed by atoms with van der Waals surface area (Å²) in [5.41, 5.74) is 0. The molecule has 1 unspecified atom stereocenters. The Bertz CT molecular complexity index is 658. The highest BCUT2D eigenvalue weighted by atomic mass is 16.6. The van der Waals surface area contributed by atoms with Crippen LogP contribution in [0.2, 0.25) is 0 Å². The smallest absolute Gasteiger partial charge is 0.410 e. The minimum Gasteiger partial charge on any atom is -0.410 e. The van der Waals surface area contributed by atoms with Gasteiger partial charge in [0.25, 0.3) is 0 Å². The molecule has 0 fully saturated rings. The van der Waals surface area contributed by atoms with Crippen molar-refractivity contribution in [2.75, 3.05) is 7.05 Å². The van der Waals surface area contributed by atoms with Crippen LogP contribution >= 0.6 is 0 Å². The lowest BCUT2D eigenvalue weighted by molar-refractivity contribution is 0.154. The lowest BCUT2D eigenvalue weighted by Gasteiger charge is -2.22. The number of carbonyl (C=O) groups is 1. The van der Waals surface area contributed by atoms with E-state index in [0.717, 1.165) is 23.6 Å². The first-order valence-electron chi connectivity index (χ1n) is 6.85. The molecule has 102 valence electrons. The fraction of sp³-hybridized carbons (Fsp3) is 0.235. The van der Waals surface area contributed by atoms with Gasteiger partial charge in [0.15, 0.2) is 0 Å². The Morgan fingerprint density at radius 3 is 2.80 bits per heavy atom. The molecule has 3 rings (SSSR count). The molecule has 1 aliphatic rings. The summed E-state index contributed by atoms with van der Waals surface area (Å²) in [5, 5.41) is 2.03. The van der Waals surface area contributed by atoms with Gasteiger partial charge in [-0.1, -0.05) is 48.6 Å². The number of fused-ring (bicyclic) bond motifs is 1. The molecular formula is C17H17NO2.